The Balaban J connectivity index is 2.33. The van der Waals surface area contributed by atoms with Gasteiger partial charge in [-0.2, -0.15) is 0 Å². The smallest absolute Gasteiger partial charge is 0.259 e. The van der Waals surface area contributed by atoms with E-state index < -0.39 is 11.6 Å². The maximum atomic E-state index is 13.2. The number of benzene rings is 1. The van der Waals surface area contributed by atoms with Gasteiger partial charge in [0.2, 0.25) is 0 Å². The highest BCUT2D eigenvalue weighted by atomic mass is 79.9. The van der Waals surface area contributed by atoms with E-state index >= 15 is 0 Å². The molecule has 2 rings (SSSR count). The molecule has 1 heterocycles. The van der Waals surface area contributed by atoms with Crippen LogP contribution in [0, 0.1) is 11.6 Å². The second kappa shape index (κ2) is 5.79. The fraction of sp³-hybridized carbons (Fsp3) is 0.154. The average Bonchev–Trinajstić information content (AvgIpc) is 2.81. The number of carbonyl (C=O) groups excluding carboxylic acids is 1. The highest BCUT2D eigenvalue weighted by Gasteiger charge is 2.18. The van der Waals surface area contributed by atoms with E-state index in [2.05, 4.69) is 15.9 Å². The molecule has 0 spiro atoms. The fourth-order valence-electron chi connectivity index (χ4n) is 1.67. The Kier molecular flexibility index (Phi) is 4.31. The lowest BCUT2D eigenvalue weighted by Crippen LogP contribution is -2.30. The first-order valence-corrected chi connectivity index (χ1v) is 7.21. The molecule has 0 atom stereocenters. The van der Waals surface area contributed by atoms with E-state index in [0.717, 1.165) is 15.9 Å². The zero-order valence-electron chi connectivity index (χ0n) is 9.99. The van der Waals surface area contributed by atoms with Crippen molar-refractivity contribution in [2.24, 2.45) is 0 Å². The second-order valence-electron chi connectivity index (χ2n) is 3.79. The van der Waals surface area contributed by atoms with Crippen LogP contribution in [-0.2, 0) is 0 Å². The molecule has 2 aromatic rings. The maximum Gasteiger partial charge on any atom is 0.259 e. The van der Waals surface area contributed by atoms with E-state index in [1.807, 2.05) is 0 Å². The maximum absolute atomic E-state index is 13.2. The van der Waals surface area contributed by atoms with Gasteiger partial charge in [0.15, 0.2) is 11.6 Å². The molecular weight excluding hydrogens is 336 g/mol. The molecule has 6 heteroatoms. The molecule has 0 radical (unpaired) electrons. The summed E-state index contributed by atoms with van der Waals surface area (Å²) in [5, 5.41) is 1.72. The van der Waals surface area contributed by atoms with Gasteiger partial charge >= 0.3 is 0 Å². The van der Waals surface area contributed by atoms with E-state index in [1.165, 1.54) is 22.3 Å². The van der Waals surface area contributed by atoms with Gasteiger partial charge in [0.1, 0.15) is 0 Å². The molecule has 0 unspecified atom stereocenters. The van der Waals surface area contributed by atoms with Crippen molar-refractivity contribution < 1.29 is 13.6 Å². The van der Waals surface area contributed by atoms with E-state index in [9.17, 15) is 13.6 Å². The first-order valence-electron chi connectivity index (χ1n) is 5.54. The van der Waals surface area contributed by atoms with Gasteiger partial charge in [-0.05, 0) is 41.1 Å². The highest BCUT2D eigenvalue weighted by Crippen LogP contribution is 2.24. The number of amides is 1. The molecule has 0 bridgehead atoms. The van der Waals surface area contributed by atoms with Gasteiger partial charge in [0.05, 0.1) is 9.35 Å². The van der Waals surface area contributed by atoms with Crippen LogP contribution in [0.3, 0.4) is 0 Å². The predicted octanol–water partition coefficient (Wildman–Crippen LogP) is 4.46. The van der Waals surface area contributed by atoms with Crippen LogP contribution in [0.25, 0.3) is 0 Å². The molecule has 0 saturated heterocycles. The third kappa shape index (κ3) is 3.01. The van der Waals surface area contributed by atoms with Crippen LogP contribution < -0.4 is 4.90 Å². The van der Waals surface area contributed by atoms with Crippen molar-refractivity contribution in [3.8, 4) is 0 Å². The van der Waals surface area contributed by atoms with Crippen LogP contribution in [0.4, 0.5) is 14.5 Å². The fourth-order valence-corrected chi connectivity index (χ4v) is 2.80. The Morgan fingerprint density at radius 3 is 2.58 bits per heavy atom. The Hall–Kier alpha value is -1.27. The highest BCUT2D eigenvalue weighted by molar-refractivity contribution is 9.11. The van der Waals surface area contributed by atoms with E-state index in [1.54, 1.807) is 18.4 Å². The molecule has 100 valence electrons. The molecule has 0 fully saturated rings. The van der Waals surface area contributed by atoms with Crippen LogP contribution in [-0.4, -0.2) is 12.5 Å². The Morgan fingerprint density at radius 1 is 1.32 bits per heavy atom. The minimum Gasteiger partial charge on any atom is -0.309 e. The molecule has 0 aliphatic rings. The van der Waals surface area contributed by atoms with Gasteiger partial charge in [0.25, 0.3) is 5.91 Å². The first kappa shape index (κ1) is 14.1. The van der Waals surface area contributed by atoms with Crippen molar-refractivity contribution >= 4 is 38.9 Å². The van der Waals surface area contributed by atoms with Crippen molar-refractivity contribution in [3.63, 3.8) is 0 Å². The van der Waals surface area contributed by atoms with Gasteiger partial charge in [-0.3, -0.25) is 4.79 Å². The molecule has 0 aliphatic carbocycles. The van der Waals surface area contributed by atoms with Gasteiger partial charge < -0.3 is 4.90 Å². The van der Waals surface area contributed by atoms with Crippen LogP contribution in [0.5, 0.6) is 0 Å². The molecule has 19 heavy (non-hydrogen) atoms. The molecule has 1 aromatic heterocycles. The largest absolute Gasteiger partial charge is 0.309 e. The van der Waals surface area contributed by atoms with E-state index in [0.29, 0.717) is 17.8 Å². The predicted molar refractivity (Wildman–Crippen MR) is 75.7 cm³/mol. The van der Waals surface area contributed by atoms with Crippen molar-refractivity contribution in [2.75, 3.05) is 11.4 Å². The summed E-state index contributed by atoms with van der Waals surface area (Å²) in [7, 11) is 0. The second-order valence-corrected chi connectivity index (χ2v) is 6.08. The summed E-state index contributed by atoms with van der Waals surface area (Å²) in [6.45, 7) is 2.15. The van der Waals surface area contributed by atoms with Gasteiger partial charge in [0, 0.05) is 23.7 Å². The summed E-state index contributed by atoms with van der Waals surface area (Å²) in [6, 6.07) is 5.14. The number of anilines is 1. The SMILES string of the molecule is CCN(C(=O)c1csc(Br)c1)c1ccc(F)c(F)c1. The van der Waals surface area contributed by atoms with Crippen molar-refractivity contribution in [1.82, 2.24) is 0 Å². The number of hydrogen-bond acceptors (Lipinski definition) is 2. The molecule has 1 amide bonds. The topological polar surface area (TPSA) is 20.3 Å². The summed E-state index contributed by atoms with van der Waals surface area (Å²) in [6.07, 6.45) is 0. The van der Waals surface area contributed by atoms with E-state index in [-0.39, 0.29) is 5.91 Å². The van der Waals surface area contributed by atoms with E-state index in [4.69, 9.17) is 0 Å². The Bertz CT molecular complexity index is 614. The van der Waals surface area contributed by atoms with Crippen LogP contribution in [0.15, 0.2) is 33.4 Å². The quantitative estimate of drug-likeness (QED) is 0.804. The number of hydrogen-bond donors (Lipinski definition) is 0. The standard InChI is InChI=1S/C13H10BrF2NOS/c1-2-17(9-3-4-10(15)11(16)6-9)13(18)8-5-12(14)19-7-8/h3-7H,2H2,1H3. The van der Waals surface area contributed by atoms with Crippen LogP contribution in [0.1, 0.15) is 17.3 Å². The van der Waals surface area contributed by atoms with Gasteiger partial charge in [-0.1, -0.05) is 0 Å². The number of nitrogens with zero attached hydrogens (tertiary/aromatic N) is 1. The Morgan fingerprint density at radius 2 is 2.05 bits per heavy atom. The summed E-state index contributed by atoms with van der Waals surface area (Å²) >= 11 is 4.68. The van der Waals surface area contributed by atoms with Crippen molar-refractivity contribution in [3.05, 3.63) is 50.6 Å². The number of carbonyl (C=O) groups is 1. The third-order valence-corrected chi connectivity index (χ3v) is 4.10. The molecule has 1 aromatic carbocycles. The zero-order chi connectivity index (χ0) is 14.0. The third-order valence-electron chi connectivity index (χ3n) is 2.59. The molecule has 0 N–H and O–H groups in total. The number of rotatable bonds is 3. The van der Waals surface area contributed by atoms with Crippen molar-refractivity contribution in [1.29, 1.82) is 0 Å². The average molecular weight is 346 g/mol. The zero-order valence-corrected chi connectivity index (χ0v) is 12.4. The summed E-state index contributed by atoms with van der Waals surface area (Å²) in [5.41, 5.74) is 0.859. The van der Waals surface area contributed by atoms with Crippen LogP contribution >= 0.6 is 27.3 Å². The first-order chi connectivity index (χ1) is 9.02. The lowest BCUT2D eigenvalue weighted by Gasteiger charge is -2.20. The minimum absolute atomic E-state index is 0.240. The molecular formula is C13H10BrF2NOS. The lowest BCUT2D eigenvalue weighted by atomic mass is 10.2. The molecule has 0 saturated carbocycles. The molecule has 2 nitrogen and oxygen atoms in total. The van der Waals surface area contributed by atoms with Crippen molar-refractivity contribution in [2.45, 2.75) is 6.92 Å². The number of halogens is 3. The monoisotopic (exact) mass is 345 g/mol. The summed E-state index contributed by atoms with van der Waals surface area (Å²) in [5.74, 6) is -2.13. The molecule has 0 aliphatic heterocycles. The summed E-state index contributed by atoms with van der Waals surface area (Å²) < 4.78 is 27.0. The lowest BCUT2D eigenvalue weighted by molar-refractivity contribution is 0.0988. The van der Waals surface area contributed by atoms with Gasteiger partial charge in [-0.15, -0.1) is 11.3 Å². The number of thiophene rings is 1. The normalized spacial score (nSPS) is 10.5. The minimum atomic E-state index is -0.963. The Labute approximate surface area is 121 Å². The van der Waals surface area contributed by atoms with Gasteiger partial charge in [-0.25, -0.2) is 8.78 Å². The summed E-state index contributed by atoms with van der Waals surface area (Å²) in [4.78, 5) is 13.7. The van der Waals surface area contributed by atoms with Crippen LogP contribution in [0.2, 0.25) is 0 Å².